The predicted octanol–water partition coefficient (Wildman–Crippen LogP) is 5.25. The van der Waals surface area contributed by atoms with Crippen LogP contribution in [0.5, 0.6) is 0 Å². The van der Waals surface area contributed by atoms with Gasteiger partial charge in [0, 0.05) is 17.2 Å². The first-order chi connectivity index (χ1) is 10.1. The molecule has 118 valence electrons. The molecule has 1 aromatic rings. The maximum Gasteiger partial charge on any atom is 0.0106 e. The highest BCUT2D eigenvalue weighted by atomic mass is 32.2. The van der Waals surface area contributed by atoms with Gasteiger partial charge in [0.2, 0.25) is 0 Å². The number of hydrogen-bond acceptors (Lipinski definition) is 2. The molecule has 2 rings (SSSR count). The van der Waals surface area contributed by atoms with E-state index in [-0.39, 0.29) is 5.41 Å². The number of hydrogen-bond donors (Lipinski definition) is 1. The summed E-state index contributed by atoms with van der Waals surface area (Å²) >= 11 is 1.96. The minimum Gasteiger partial charge on any atom is -0.316 e. The van der Waals surface area contributed by atoms with Gasteiger partial charge in [-0.05, 0) is 48.4 Å². The van der Waals surface area contributed by atoms with Crippen molar-refractivity contribution in [2.45, 2.75) is 63.2 Å². The molecule has 0 radical (unpaired) electrons. The smallest absolute Gasteiger partial charge is 0.0106 e. The molecule has 1 saturated carbocycles. The lowest BCUT2D eigenvalue weighted by Gasteiger charge is -2.21. The lowest BCUT2D eigenvalue weighted by Crippen LogP contribution is -2.26. The fraction of sp³-hybridized carbons (Fsp3) is 0.684. The highest BCUT2D eigenvalue weighted by Crippen LogP contribution is 2.25. The summed E-state index contributed by atoms with van der Waals surface area (Å²) in [6.45, 7) is 9.16. The van der Waals surface area contributed by atoms with Gasteiger partial charge in [-0.1, -0.05) is 52.2 Å². The van der Waals surface area contributed by atoms with Crippen molar-refractivity contribution in [3.63, 3.8) is 0 Å². The molecular formula is C19H31NS. The second-order valence-electron chi connectivity index (χ2n) is 7.33. The molecule has 0 atom stereocenters. The molecule has 0 amide bonds. The minimum atomic E-state index is 0.255. The van der Waals surface area contributed by atoms with Crippen molar-refractivity contribution < 1.29 is 0 Å². The zero-order valence-electron chi connectivity index (χ0n) is 14.0. The Balaban J connectivity index is 1.62. The van der Waals surface area contributed by atoms with E-state index in [0.717, 1.165) is 12.5 Å². The summed E-state index contributed by atoms with van der Waals surface area (Å²) in [6, 6.07) is 9.09. The minimum absolute atomic E-state index is 0.255. The summed E-state index contributed by atoms with van der Waals surface area (Å²) in [6.07, 6.45) is 7.22. The second-order valence-corrected chi connectivity index (χ2v) is 8.50. The lowest BCUT2D eigenvalue weighted by molar-refractivity contribution is 0.345. The molecular weight excluding hydrogens is 274 g/mol. The van der Waals surface area contributed by atoms with Gasteiger partial charge in [-0.3, -0.25) is 0 Å². The SMILES string of the molecule is CC(C)(C)c1ccc(SCCNCC2CCCCC2)cc1. The van der Waals surface area contributed by atoms with Crippen molar-refractivity contribution in [3.8, 4) is 0 Å². The highest BCUT2D eigenvalue weighted by molar-refractivity contribution is 7.99. The van der Waals surface area contributed by atoms with Crippen molar-refractivity contribution in [1.82, 2.24) is 5.32 Å². The normalized spacial score (nSPS) is 17.1. The second kappa shape index (κ2) is 8.24. The Labute approximate surface area is 135 Å². The Kier molecular flexibility index (Phi) is 6.63. The van der Waals surface area contributed by atoms with Crippen LogP contribution in [-0.2, 0) is 5.41 Å². The molecule has 2 heteroatoms. The fourth-order valence-corrected chi connectivity index (χ4v) is 3.80. The van der Waals surface area contributed by atoms with E-state index in [1.165, 1.54) is 54.9 Å². The van der Waals surface area contributed by atoms with E-state index < -0.39 is 0 Å². The molecule has 0 bridgehead atoms. The van der Waals surface area contributed by atoms with Crippen LogP contribution in [0.3, 0.4) is 0 Å². The van der Waals surface area contributed by atoms with Crippen molar-refractivity contribution in [1.29, 1.82) is 0 Å². The quantitative estimate of drug-likeness (QED) is 0.569. The van der Waals surface area contributed by atoms with Crippen LogP contribution in [0.15, 0.2) is 29.2 Å². The Morgan fingerprint density at radius 3 is 2.33 bits per heavy atom. The lowest BCUT2D eigenvalue weighted by atomic mass is 9.87. The van der Waals surface area contributed by atoms with E-state index in [0.29, 0.717) is 0 Å². The summed E-state index contributed by atoms with van der Waals surface area (Å²) < 4.78 is 0. The molecule has 1 N–H and O–H groups in total. The van der Waals surface area contributed by atoms with E-state index in [1.54, 1.807) is 0 Å². The molecule has 0 spiro atoms. The van der Waals surface area contributed by atoms with Crippen LogP contribution in [0, 0.1) is 5.92 Å². The molecule has 0 saturated heterocycles. The van der Waals surface area contributed by atoms with Crippen LogP contribution in [0.1, 0.15) is 58.4 Å². The van der Waals surface area contributed by atoms with E-state index in [2.05, 4.69) is 50.4 Å². The van der Waals surface area contributed by atoms with Crippen molar-refractivity contribution in [2.75, 3.05) is 18.8 Å². The maximum atomic E-state index is 3.64. The number of rotatable bonds is 6. The largest absolute Gasteiger partial charge is 0.316 e. The number of nitrogens with one attached hydrogen (secondary N) is 1. The summed E-state index contributed by atoms with van der Waals surface area (Å²) in [5, 5.41) is 3.64. The molecule has 0 heterocycles. The maximum absolute atomic E-state index is 3.64. The van der Waals surface area contributed by atoms with Crippen LogP contribution in [0.2, 0.25) is 0 Å². The van der Waals surface area contributed by atoms with Gasteiger partial charge >= 0.3 is 0 Å². The summed E-state index contributed by atoms with van der Waals surface area (Å²) in [7, 11) is 0. The Morgan fingerprint density at radius 2 is 1.71 bits per heavy atom. The first-order valence-corrected chi connectivity index (χ1v) is 9.48. The average Bonchev–Trinajstić information content (AvgIpc) is 2.47. The zero-order valence-corrected chi connectivity index (χ0v) is 14.8. The van der Waals surface area contributed by atoms with E-state index in [9.17, 15) is 0 Å². The van der Waals surface area contributed by atoms with Crippen LogP contribution in [-0.4, -0.2) is 18.8 Å². The predicted molar refractivity (Wildman–Crippen MR) is 95.3 cm³/mol. The summed E-state index contributed by atoms with van der Waals surface area (Å²) in [4.78, 5) is 1.39. The van der Waals surface area contributed by atoms with Crippen LogP contribution < -0.4 is 5.32 Å². The summed E-state index contributed by atoms with van der Waals surface area (Å²) in [5.74, 6) is 2.11. The van der Waals surface area contributed by atoms with Crippen LogP contribution in [0.4, 0.5) is 0 Å². The number of benzene rings is 1. The van der Waals surface area contributed by atoms with Crippen molar-refractivity contribution in [3.05, 3.63) is 29.8 Å². The van der Waals surface area contributed by atoms with Gasteiger partial charge in [-0.2, -0.15) is 0 Å². The average molecular weight is 306 g/mol. The number of thioether (sulfide) groups is 1. The molecule has 1 aromatic carbocycles. The monoisotopic (exact) mass is 305 g/mol. The molecule has 0 unspecified atom stereocenters. The molecule has 1 fully saturated rings. The van der Waals surface area contributed by atoms with Gasteiger partial charge < -0.3 is 5.32 Å². The first kappa shape index (κ1) is 16.9. The molecule has 1 aliphatic carbocycles. The van der Waals surface area contributed by atoms with Gasteiger partial charge in [-0.15, -0.1) is 11.8 Å². The standard InChI is InChI=1S/C19H31NS/c1-19(2,3)17-9-11-18(12-10-17)21-14-13-20-15-16-7-5-4-6-8-16/h9-12,16,20H,4-8,13-15H2,1-3H3. The van der Waals surface area contributed by atoms with Gasteiger partial charge in [0.1, 0.15) is 0 Å². The fourth-order valence-electron chi connectivity index (χ4n) is 2.99. The summed E-state index contributed by atoms with van der Waals surface area (Å²) in [5.41, 5.74) is 1.67. The van der Waals surface area contributed by atoms with Crippen molar-refractivity contribution >= 4 is 11.8 Å². The Hall–Kier alpha value is -0.470. The molecule has 1 nitrogen and oxygen atoms in total. The third kappa shape index (κ3) is 6.04. The van der Waals surface area contributed by atoms with Crippen molar-refractivity contribution in [2.24, 2.45) is 5.92 Å². The zero-order chi connectivity index (χ0) is 15.1. The highest BCUT2D eigenvalue weighted by Gasteiger charge is 2.13. The van der Waals surface area contributed by atoms with Crippen LogP contribution >= 0.6 is 11.8 Å². The van der Waals surface area contributed by atoms with E-state index in [4.69, 9.17) is 0 Å². The molecule has 0 aliphatic heterocycles. The topological polar surface area (TPSA) is 12.0 Å². The van der Waals surface area contributed by atoms with Crippen LogP contribution in [0.25, 0.3) is 0 Å². The van der Waals surface area contributed by atoms with Gasteiger partial charge in [-0.25, -0.2) is 0 Å². The third-order valence-corrected chi connectivity index (χ3v) is 5.44. The molecule has 0 aromatic heterocycles. The van der Waals surface area contributed by atoms with Gasteiger partial charge in [0.05, 0.1) is 0 Å². The van der Waals surface area contributed by atoms with Gasteiger partial charge in [0.15, 0.2) is 0 Å². The Bertz CT molecular complexity index is 399. The van der Waals surface area contributed by atoms with Gasteiger partial charge in [0.25, 0.3) is 0 Å². The molecule has 21 heavy (non-hydrogen) atoms. The third-order valence-electron chi connectivity index (χ3n) is 4.43. The van der Waals surface area contributed by atoms with E-state index in [1.807, 2.05) is 11.8 Å². The van der Waals surface area contributed by atoms with E-state index >= 15 is 0 Å². The first-order valence-electron chi connectivity index (χ1n) is 8.50. The Morgan fingerprint density at radius 1 is 1.05 bits per heavy atom. The molecule has 1 aliphatic rings.